The number of hydrogen-bond donors (Lipinski definition) is 0. The Balaban J connectivity index is 2.09. The largest absolute Gasteiger partial charge is 0.354 e. The molecular weight excluding hydrogens is 246 g/mol. The van der Waals surface area contributed by atoms with E-state index in [1.807, 2.05) is 18.2 Å². The van der Waals surface area contributed by atoms with Crippen molar-refractivity contribution >= 4 is 28.2 Å². The fourth-order valence-electron chi connectivity index (χ4n) is 2.67. The Kier molecular flexibility index (Phi) is 3.08. The normalized spacial score (nSPS) is 20.3. The minimum Gasteiger partial charge on any atom is -0.354 e. The predicted molar refractivity (Wildman–Crippen MR) is 75.2 cm³/mol. The second-order valence-corrected chi connectivity index (χ2v) is 5.41. The minimum absolute atomic E-state index is 0.486. The average Bonchev–Trinajstić information content (AvgIpc) is 2.39. The van der Waals surface area contributed by atoms with Crippen LogP contribution in [0.1, 0.15) is 19.8 Å². The van der Waals surface area contributed by atoms with Crippen molar-refractivity contribution in [3.05, 3.63) is 29.4 Å². The van der Waals surface area contributed by atoms with Gasteiger partial charge in [-0.3, -0.25) is 0 Å². The van der Waals surface area contributed by atoms with Gasteiger partial charge < -0.3 is 4.90 Å². The first-order valence-corrected chi connectivity index (χ1v) is 6.79. The second-order valence-electron chi connectivity index (χ2n) is 5.05. The summed E-state index contributed by atoms with van der Waals surface area (Å²) in [5.41, 5.74) is 0. The topological polar surface area (TPSA) is 29.0 Å². The first-order valence-electron chi connectivity index (χ1n) is 6.41. The highest BCUT2D eigenvalue weighted by molar-refractivity contribution is 6.34. The molecule has 0 amide bonds. The summed E-state index contributed by atoms with van der Waals surface area (Å²) in [6.45, 7) is 4.41. The molecule has 1 aliphatic heterocycles. The second kappa shape index (κ2) is 4.73. The summed E-state index contributed by atoms with van der Waals surface area (Å²) in [5, 5.41) is 11.0. The molecule has 1 saturated heterocycles. The van der Waals surface area contributed by atoms with Gasteiger partial charge in [0, 0.05) is 23.9 Å². The van der Waals surface area contributed by atoms with Crippen LogP contribution in [0.25, 0.3) is 10.8 Å². The highest BCUT2D eigenvalue weighted by Crippen LogP contribution is 2.30. The number of aromatic nitrogens is 2. The highest BCUT2D eigenvalue weighted by atomic mass is 35.5. The van der Waals surface area contributed by atoms with Crippen LogP contribution in [0.3, 0.4) is 0 Å². The zero-order chi connectivity index (χ0) is 12.5. The van der Waals surface area contributed by atoms with Gasteiger partial charge in [-0.2, -0.15) is 0 Å². The van der Waals surface area contributed by atoms with Crippen molar-refractivity contribution < 1.29 is 0 Å². The molecule has 0 aliphatic carbocycles. The molecule has 1 fully saturated rings. The van der Waals surface area contributed by atoms with Gasteiger partial charge >= 0.3 is 0 Å². The molecule has 2 aromatic rings. The summed E-state index contributed by atoms with van der Waals surface area (Å²) in [6, 6.07) is 8.09. The zero-order valence-corrected chi connectivity index (χ0v) is 11.2. The molecule has 18 heavy (non-hydrogen) atoms. The summed E-state index contributed by atoms with van der Waals surface area (Å²) < 4.78 is 0. The number of fused-ring (bicyclic) bond motifs is 1. The van der Waals surface area contributed by atoms with E-state index < -0.39 is 0 Å². The van der Waals surface area contributed by atoms with Crippen LogP contribution in [-0.4, -0.2) is 23.3 Å². The smallest absolute Gasteiger partial charge is 0.159 e. The van der Waals surface area contributed by atoms with E-state index in [1.165, 1.54) is 12.8 Å². The van der Waals surface area contributed by atoms with Crippen LogP contribution in [0, 0.1) is 5.92 Å². The lowest BCUT2D eigenvalue weighted by Gasteiger charge is -2.32. The molecule has 2 heterocycles. The third-order valence-electron chi connectivity index (χ3n) is 3.58. The van der Waals surface area contributed by atoms with E-state index in [-0.39, 0.29) is 0 Å². The molecular formula is C14H16ClN3. The van der Waals surface area contributed by atoms with Gasteiger partial charge in [0.05, 0.1) is 0 Å². The SMILES string of the molecule is C[C@H]1CCCN(c2nnc(Cl)c3ccccc23)C1. The molecule has 0 bridgehead atoms. The number of nitrogens with zero attached hydrogens (tertiary/aromatic N) is 3. The van der Waals surface area contributed by atoms with Gasteiger partial charge in [0.2, 0.25) is 0 Å². The lowest BCUT2D eigenvalue weighted by molar-refractivity contribution is 0.444. The fraction of sp³-hybridized carbons (Fsp3) is 0.429. The number of anilines is 1. The van der Waals surface area contributed by atoms with E-state index in [0.29, 0.717) is 5.15 Å². The molecule has 94 valence electrons. The molecule has 0 radical (unpaired) electrons. The van der Waals surface area contributed by atoms with Crippen molar-refractivity contribution in [1.29, 1.82) is 0 Å². The Morgan fingerprint density at radius 2 is 2.00 bits per heavy atom. The quantitative estimate of drug-likeness (QED) is 0.787. The molecule has 0 spiro atoms. The fourth-order valence-corrected chi connectivity index (χ4v) is 2.87. The molecule has 1 atom stereocenters. The summed E-state index contributed by atoms with van der Waals surface area (Å²) in [6.07, 6.45) is 2.52. The van der Waals surface area contributed by atoms with Gasteiger partial charge in [-0.1, -0.05) is 42.8 Å². The molecule has 3 nitrogen and oxygen atoms in total. The number of halogens is 1. The maximum absolute atomic E-state index is 6.10. The molecule has 1 aromatic carbocycles. The first kappa shape index (κ1) is 11.7. The van der Waals surface area contributed by atoms with Gasteiger partial charge in [-0.25, -0.2) is 0 Å². The van der Waals surface area contributed by atoms with Crippen molar-refractivity contribution in [2.75, 3.05) is 18.0 Å². The Morgan fingerprint density at radius 1 is 1.22 bits per heavy atom. The lowest BCUT2D eigenvalue weighted by atomic mass is 10.00. The van der Waals surface area contributed by atoms with Gasteiger partial charge in [-0.15, -0.1) is 10.2 Å². The average molecular weight is 262 g/mol. The van der Waals surface area contributed by atoms with Crippen LogP contribution in [0.15, 0.2) is 24.3 Å². The Bertz CT molecular complexity index is 570. The van der Waals surface area contributed by atoms with Gasteiger partial charge in [0.1, 0.15) is 0 Å². The summed E-state index contributed by atoms with van der Waals surface area (Å²) in [7, 11) is 0. The van der Waals surface area contributed by atoms with E-state index in [0.717, 1.165) is 35.6 Å². The molecule has 0 saturated carbocycles. The van der Waals surface area contributed by atoms with E-state index in [2.05, 4.69) is 28.1 Å². The van der Waals surface area contributed by atoms with Gasteiger partial charge in [0.25, 0.3) is 0 Å². The maximum atomic E-state index is 6.10. The van der Waals surface area contributed by atoms with Crippen molar-refractivity contribution in [1.82, 2.24) is 10.2 Å². The van der Waals surface area contributed by atoms with Crippen LogP contribution >= 0.6 is 11.6 Å². The number of hydrogen-bond acceptors (Lipinski definition) is 3. The third-order valence-corrected chi connectivity index (χ3v) is 3.86. The van der Waals surface area contributed by atoms with E-state index in [1.54, 1.807) is 0 Å². The Labute approximate surface area is 112 Å². The molecule has 1 aromatic heterocycles. The standard InChI is InChI=1S/C14H16ClN3/c1-10-5-4-8-18(9-10)14-12-7-3-2-6-11(12)13(15)16-17-14/h2-3,6-7,10H,4-5,8-9H2,1H3/t10-/m0/s1. The van der Waals surface area contributed by atoms with Crippen LogP contribution in [0.4, 0.5) is 5.82 Å². The monoisotopic (exact) mass is 261 g/mol. The Hall–Kier alpha value is -1.35. The van der Waals surface area contributed by atoms with E-state index >= 15 is 0 Å². The van der Waals surface area contributed by atoms with Crippen molar-refractivity contribution in [2.24, 2.45) is 5.92 Å². The van der Waals surface area contributed by atoms with Crippen molar-refractivity contribution in [3.8, 4) is 0 Å². The number of benzene rings is 1. The van der Waals surface area contributed by atoms with Crippen LogP contribution in [0.5, 0.6) is 0 Å². The van der Waals surface area contributed by atoms with Gasteiger partial charge in [0.15, 0.2) is 11.0 Å². The maximum Gasteiger partial charge on any atom is 0.159 e. The number of rotatable bonds is 1. The third kappa shape index (κ3) is 2.03. The lowest BCUT2D eigenvalue weighted by Crippen LogP contribution is -2.35. The molecule has 0 N–H and O–H groups in total. The van der Waals surface area contributed by atoms with E-state index in [4.69, 9.17) is 11.6 Å². The van der Waals surface area contributed by atoms with Crippen LogP contribution in [-0.2, 0) is 0 Å². The summed E-state index contributed by atoms with van der Waals surface area (Å²) >= 11 is 6.10. The number of piperidine rings is 1. The molecule has 4 heteroatoms. The van der Waals surface area contributed by atoms with Gasteiger partial charge in [-0.05, 0) is 18.8 Å². The van der Waals surface area contributed by atoms with Crippen molar-refractivity contribution in [2.45, 2.75) is 19.8 Å². The first-order chi connectivity index (χ1) is 8.75. The van der Waals surface area contributed by atoms with Crippen LogP contribution in [0.2, 0.25) is 5.15 Å². The predicted octanol–water partition coefficient (Wildman–Crippen LogP) is 3.52. The molecule has 0 unspecified atom stereocenters. The minimum atomic E-state index is 0.486. The summed E-state index contributed by atoms with van der Waals surface area (Å²) in [4.78, 5) is 2.33. The summed E-state index contributed by atoms with van der Waals surface area (Å²) in [5.74, 6) is 1.69. The zero-order valence-electron chi connectivity index (χ0n) is 10.4. The highest BCUT2D eigenvalue weighted by Gasteiger charge is 2.20. The van der Waals surface area contributed by atoms with Crippen molar-refractivity contribution in [3.63, 3.8) is 0 Å². The Morgan fingerprint density at radius 3 is 2.78 bits per heavy atom. The van der Waals surface area contributed by atoms with E-state index in [9.17, 15) is 0 Å². The van der Waals surface area contributed by atoms with Crippen LogP contribution < -0.4 is 4.90 Å². The molecule has 3 rings (SSSR count). The molecule has 1 aliphatic rings.